The molecule has 0 spiro atoms. The minimum Gasteiger partial charge on any atom is -0.356 e. The van der Waals surface area contributed by atoms with Crippen molar-refractivity contribution in [1.29, 1.82) is 0 Å². The molecule has 1 N–H and O–H groups in total. The van der Waals surface area contributed by atoms with Crippen molar-refractivity contribution in [3.8, 4) is 11.3 Å². The Kier molecular flexibility index (Phi) is 3.36. The Morgan fingerprint density at radius 2 is 1.80 bits per heavy atom. The zero-order valence-corrected chi connectivity index (χ0v) is 14.1. The van der Waals surface area contributed by atoms with Crippen LogP contribution in [0.15, 0.2) is 10.7 Å². The van der Waals surface area contributed by atoms with Crippen LogP contribution in [-0.4, -0.2) is 16.1 Å². The molecule has 2 aromatic rings. The van der Waals surface area contributed by atoms with Crippen molar-refractivity contribution < 1.29 is 0 Å². The summed E-state index contributed by atoms with van der Waals surface area (Å²) in [5.41, 5.74) is 7.64. The smallest absolute Gasteiger partial charge is 0.204 e. The average molecular weight is 334 g/mol. The van der Waals surface area contributed by atoms with E-state index in [1.165, 1.54) is 27.8 Å². The van der Waals surface area contributed by atoms with Gasteiger partial charge in [-0.3, -0.25) is 0 Å². The molecular formula is C16H20BrN3. The van der Waals surface area contributed by atoms with Crippen molar-refractivity contribution in [2.75, 3.05) is 11.9 Å². The lowest BCUT2D eigenvalue weighted by Crippen LogP contribution is -2.17. The topological polar surface area (TPSA) is 29.9 Å². The van der Waals surface area contributed by atoms with Gasteiger partial charge in [-0.2, -0.15) is 0 Å². The molecule has 0 unspecified atom stereocenters. The number of hydrogen-bond acceptors (Lipinski definition) is 2. The van der Waals surface area contributed by atoms with Gasteiger partial charge in [-0.1, -0.05) is 6.07 Å². The van der Waals surface area contributed by atoms with E-state index in [1.54, 1.807) is 0 Å². The Balaban J connectivity index is 2.27. The first-order valence-corrected chi connectivity index (χ1v) is 7.87. The van der Waals surface area contributed by atoms with Gasteiger partial charge in [0.15, 0.2) is 0 Å². The zero-order chi connectivity index (χ0) is 14.4. The molecule has 0 radical (unpaired) electrons. The summed E-state index contributed by atoms with van der Waals surface area (Å²) in [4.78, 5) is 4.83. The number of nitrogens with zero attached hydrogens (tertiary/aromatic N) is 2. The Morgan fingerprint density at radius 1 is 1.15 bits per heavy atom. The maximum atomic E-state index is 4.83. The highest BCUT2D eigenvalue weighted by atomic mass is 79.9. The molecule has 0 bridgehead atoms. The van der Waals surface area contributed by atoms with E-state index in [0.29, 0.717) is 0 Å². The van der Waals surface area contributed by atoms with Crippen molar-refractivity contribution in [2.24, 2.45) is 0 Å². The fraction of sp³-hybridized carbons (Fsp3) is 0.438. The molecular weight excluding hydrogens is 314 g/mol. The number of benzene rings is 1. The van der Waals surface area contributed by atoms with Gasteiger partial charge in [0.25, 0.3) is 0 Å². The second-order valence-electron chi connectivity index (χ2n) is 5.64. The summed E-state index contributed by atoms with van der Waals surface area (Å²) in [6.07, 6.45) is 1.15. The summed E-state index contributed by atoms with van der Waals surface area (Å²) in [6, 6.07) is 2.26. The van der Waals surface area contributed by atoms with Crippen molar-refractivity contribution in [2.45, 2.75) is 40.7 Å². The fourth-order valence-electron chi connectivity index (χ4n) is 2.94. The van der Waals surface area contributed by atoms with Crippen LogP contribution in [0.4, 0.5) is 5.95 Å². The van der Waals surface area contributed by atoms with Crippen LogP contribution in [-0.2, 0) is 6.54 Å². The summed E-state index contributed by atoms with van der Waals surface area (Å²) >= 11 is 3.75. The minimum absolute atomic E-state index is 0.982. The maximum absolute atomic E-state index is 4.83. The van der Waals surface area contributed by atoms with Crippen molar-refractivity contribution >= 4 is 21.9 Å². The summed E-state index contributed by atoms with van der Waals surface area (Å²) in [5, 5.41) is 3.38. The van der Waals surface area contributed by atoms with Crippen LogP contribution in [0.1, 0.15) is 28.7 Å². The van der Waals surface area contributed by atoms with Gasteiger partial charge >= 0.3 is 0 Å². The largest absolute Gasteiger partial charge is 0.356 e. The van der Waals surface area contributed by atoms with Crippen LogP contribution in [0.2, 0.25) is 0 Å². The molecule has 3 rings (SSSR count). The second kappa shape index (κ2) is 4.92. The Morgan fingerprint density at radius 3 is 2.40 bits per heavy atom. The summed E-state index contributed by atoms with van der Waals surface area (Å²) in [5.74, 6) is 0.982. The van der Waals surface area contributed by atoms with Gasteiger partial charge in [0.05, 0.1) is 0 Å². The van der Waals surface area contributed by atoms with E-state index in [0.717, 1.165) is 35.8 Å². The van der Waals surface area contributed by atoms with Gasteiger partial charge in [-0.25, -0.2) is 4.98 Å². The Hall–Kier alpha value is -1.29. The lowest BCUT2D eigenvalue weighted by Gasteiger charge is -2.16. The Bertz CT molecular complexity index is 660. The third-order valence-corrected chi connectivity index (χ3v) is 5.15. The normalized spacial score (nSPS) is 14.1. The summed E-state index contributed by atoms with van der Waals surface area (Å²) in [6.45, 7) is 10.8. The Labute approximate surface area is 128 Å². The number of aryl methyl sites for hydroxylation is 2. The summed E-state index contributed by atoms with van der Waals surface area (Å²) < 4.78 is 3.32. The number of halogens is 1. The molecule has 20 heavy (non-hydrogen) atoms. The number of aromatic nitrogens is 2. The van der Waals surface area contributed by atoms with E-state index in [-0.39, 0.29) is 0 Å². The average Bonchev–Trinajstić information content (AvgIpc) is 2.75. The van der Waals surface area contributed by atoms with Crippen LogP contribution in [0.5, 0.6) is 0 Å². The van der Waals surface area contributed by atoms with Crippen LogP contribution in [0, 0.1) is 27.7 Å². The van der Waals surface area contributed by atoms with Gasteiger partial charge in [0, 0.05) is 18.7 Å². The van der Waals surface area contributed by atoms with Crippen LogP contribution in [0.3, 0.4) is 0 Å². The van der Waals surface area contributed by atoms with E-state index >= 15 is 0 Å². The maximum Gasteiger partial charge on any atom is 0.204 e. The number of imidazole rings is 1. The lowest BCUT2D eigenvalue weighted by atomic mass is 9.93. The molecule has 1 aliphatic heterocycles. The highest BCUT2D eigenvalue weighted by Crippen LogP contribution is 2.37. The first-order valence-electron chi connectivity index (χ1n) is 7.08. The fourth-order valence-corrected chi connectivity index (χ4v) is 3.57. The zero-order valence-electron chi connectivity index (χ0n) is 12.5. The van der Waals surface area contributed by atoms with E-state index < -0.39 is 0 Å². The number of hydrogen-bond donors (Lipinski definition) is 1. The molecule has 106 valence electrons. The van der Waals surface area contributed by atoms with Gasteiger partial charge in [-0.05, 0) is 72.3 Å². The molecule has 1 aromatic carbocycles. The number of nitrogens with one attached hydrogen (secondary N) is 1. The van der Waals surface area contributed by atoms with Crippen LogP contribution in [0.25, 0.3) is 11.3 Å². The molecule has 3 nitrogen and oxygen atoms in total. The van der Waals surface area contributed by atoms with E-state index in [4.69, 9.17) is 4.98 Å². The predicted molar refractivity (Wildman–Crippen MR) is 87.4 cm³/mol. The first kappa shape index (κ1) is 13.7. The molecule has 0 aliphatic carbocycles. The highest BCUT2D eigenvalue weighted by Gasteiger charge is 2.22. The number of anilines is 1. The molecule has 0 saturated heterocycles. The number of rotatable bonds is 1. The minimum atomic E-state index is 0.982. The monoisotopic (exact) mass is 333 g/mol. The van der Waals surface area contributed by atoms with Crippen LogP contribution >= 0.6 is 15.9 Å². The summed E-state index contributed by atoms with van der Waals surface area (Å²) in [7, 11) is 0. The van der Waals surface area contributed by atoms with Crippen molar-refractivity contribution in [1.82, 2.24) is 9.55 Å². The lowest BCUT2D eigenvalue weighted by molar-refractivity contribution is 0.618. The third kappa shape index (κ3) is 1.97. The molecule has 0 atom stereocenters. The van der Waals surface area contributed by atoms with E-state index in [2.05, 4.69) is 59.6 Å². The van der Waals surface area contributed by atoms with E-state index in [9.17, 15) is 0 Å². The molecule has 0 saturated carbocycles. The van der Waals surface area contributed by atoms with Crippen LogP contribution < -0.4 is 5.32 Å². The molecule has 1 aromatic heterocycles. The van der Waals surface area contributed by atoms with Crippen molar-refractivity contribution in [3.05, 3.63) is 32.9 Å². The molecule has 1 aliphatic rings. The van der Waals surface area contributed by atoms with Gasteiger partial charge < -0.3 is 9.88 Å². The standard InChI is InChI=1S/C16H20BrN3/c1-9-8-10(2)12(4)13(11(9)3)14-15(17)20-7-5-6-18-16(20)19-14/h8H,5-7H2,1-4H3,(H,18,19). The first-order chi connectivity index (χ1) is 9.50. The van der Waals surface area contributed by atoms with Gasteiger partial charge in [-0.15, -0.1) is 0 Å². The highest BCUT2D eigenvalue weighted by molar-refractivity contribution is 9.10. The van der Waals surface area contributed by atoms with E-state index in [1.807, 2.05) is 0 Å². The van der Waals surface area contributed by atoms with Crippen molar-refractivity contribution in [3.63, 3.8) is 0 Å². The molecule has 0 amide bonds. The quantitative estimate of drug-likeness (QED) is 0.840. The predicted octanol–water partition coefficient (Wildman–Crippen LogP) is 4.36. The molecule has 2 heterocycles. The SMILES string of the molecule is Cc1cc(C)c(C)c(-c2nc3n(c2Br)CCCN3)c1C. The third-order valence-electron chi connectivity index (χ3n) is 4.35. The number of fused-ring (bicyclic) bond motifs is 1. The second-order valence-corrected chi connectivity index (χ2v) is 6.39. The van der Waals surface area contributed by atoms with Gasteiger partial charge in [0.2, 0.25) is 5.95 Å². The molecule has 4 heteroatoms. The molecule has 0 fully saturated rings. The van der Waals surface area contributed by atoms with Gasteiger partial charge in [0.1, 0.15) is 10.3 Å².